The van der Waals surface area contributed by atoms with Gasteiger partial charge in [0.15, 0.2) is 0 Å². The Labute approximate surface area is 134 Å². The lowest BCUT2D eigenvalue weighted by molar-refractivity contribution is 0.387. The Bertz CT molecular complexity index is 566. The fraction of sp³-hybridized carbons (Fsp3) is 0.400. The smallest absolute Gasteiger partial charge is 0.122 e. The van der Waals surface area contributed by atoms with Crippen molar-refractivity contribution in [1.29, 1.82) is 0 Å². The zero-order valence-corrected chi connectivity index (χ0v) is 14.1. The van der Waals surface area contributed by atoms with Crippen molar-refractivity contribution in [2.45, 2.75) is 38.5 Å². The van der Waals surface area contributed by atoms with E-state index in [0.717, 1.165) is 30.8 Å². The van der Waals surface area contributed by atoms with Crippen molar-refractivity contribution < 1.29 is 9.47 Å². The van der Waals surface area contributed by atoms with Crippen LogP contribution in [0.25, 0.3) is 0 Å². The van der Waals surface area contributed by atoms with E-state index in [-0.39, 0.29) is 5.41 Å². The monoisotopic (exact) mass is 298 g/mol. The van der Waals surface area contributed by atoms with Gasteiger partial charge in [-0.25, -0.2) is 0 Å². The molecule has 0 amide bonds. The van der Waals surface area contributed by atoms with E-state index in [1.165, 1.54) is 11.1 Å². The van der Waals surface area contributed by atoms with Crippen LogP contribution in [-0.2, 0) is 11.8 Å². The highest BCUT2D eigenvalue weighted by atomic mass is 16.5. The van der Waals surface area contributed by atoms with E-state index >= 15 is 0 Å². The van der Waals surface area contributed by atoms with Gasteiger partial charge in [-0.1, -0.05) is 44.2 Å². The summed E-state index contributed by atoms with van der Waals surface area (Å²) >= 11 is 0. The number of hydrogen-bond acceptors (Lipinski definition) is 2. The molecular formula is C20H26O2. The maximum Gasteiger partial charge on any atom is 0.122 e. The van der Waals surface area contributed by atoms with Crippen molar-refractivity contribution in [3.8, 4) is 11.5 Å². The van der Waals surface area contributed by atoms with Gasteiger partial charge in [-0.3, -0.25) is 0 Å². The lowest BCUT2D eigenvalue weighted by Gasteiger charge is -2.26. The van der Waals surface area contributed by atoms with Crippen LogP contribution in [0.2, 0.25) is 0 Å². The maximum atomic E-state index is 5.39. The summed E-state index contributed by atoms with van der Waals surface area (Å²) in [5.74, 6) is 1.70. The van der Waals surface area contributed by atoms with Crippen molar-refractivity contribution in [3.05, 3.63) is 59.7 Å². The Morgan fingerprint density at radius 2 is 1.45 bits per heavy atom. The molecule has 0 aliphatic heterocycles. The summed E-state index contributed by atoms with van der Waals surface area (Å²) in [7, 11) is 3.39. The number of methoxy groups -OCH3 is 2. The van der Waals surface area contributed by atoms with Crippen LogP contribution in [0, 0.1) is 0 Å². The summed E-state index contributed by atoms with van der Waals surface area (Å²) in [4.78, 5) is 0. The molecule has 22 heavy (non-hydrogen) atoms. The second-order valence-electron chi connectivity index (χ2n) is 6.32. The van der Waals surface area contributed by atoms with E-state index in [4.69, 9.17) is 9.47 Å². The quantitative estimate of drug-likeness (QED) is 0.716. The van der Waals surface area contributed by atoms with E-state index in [0.29, 0.717) is 0 Å². The van der Waals surface area contributed by atoms with Crippen molar-refractivity contribution in [2.24, 2.45) is 0 Å². The molecule has 118 valence electrons. The molecule has 2 aromatic rings. The van der Waals surface area contributed by atoms with Crippen LogP contribution in [0.5, 0.6) is 11.5 Å². The largest absolute Gasteiger partial charge is 0.497 e. The molecule has 0 fully saturated rings. The van der Waals surface area contributed by atoms with Crippen LogP contribution in [0.15, 0.2) is 48.5 Å². The molecule has 0 N–H and O–H groups in total. The molecule has 0 heterocycles. The normalized spacial score (nSPS) is 11.3. The van der Waals surface area contributed by atoms with E-state index < -0.39 is 0 Å². The van der Waals surface area contributed by atoms with Gasteiger partial charge in [0.2, 0.25) is 0 Å². The third kappa shape index (κ3) is 4.27. The van der Waals surface area contributed by atoms with Crippen LogP contribution < -0.4 is 9.47 Å². The van der Waals surface area contributed by atoms with Crippen LogP contribution in [0.1, 0.15) is 37.8 Å². The third-order valence-electron chi connectivity index (χ3n) is 4.24. The SMILES string of the molecule is COc1cc(OC)cc(C(C)(C)CCCc2ccccc2)c1. The van der Waals surface area contributed by atoms with E-state index in [1.807, 2.05) is 6.07 Å². The van der Waals surface area contributed by atoms with Gasteiger partial charge in [0.25, 0.3) is 0 Å². The topological polar surface area (TPSA) is 18.5 Å². The number of rotatable bonds is 7. The summed E-state index contributed by atoms with van der Waals surface area (Å²) in [6.45, 7) is 4.57. The molecule has 0 atom stereocenters. The van der Waals surface area contributed by atoms with Gasteiger partial charge >= 0.3 is 0 Å². The molecule has 0 aliphatic carbocycles. The summed E-state index contributed by atoms with van der Waals surface area (Å²) in [5, 5.41) is 0. The minimum absolute atomic E-state index is 0.0938. The molecule has 0 bridgehead atoms. The van der Waals surface area contributed by atoms with E-state index in [1.54, 1.807) is 14.2 Å². The fourth-order valence-electron chi connectivity index (χ4n) is 2.72. The van der Waals surface area contributed by atoms with Crippen molar-refractivity contribution >= 4 is 0 Å². The van der Waals surface area contributed by atoms with E-state index in [2.05, 4.69) is 56.3 Å². The Morgan fingerprint density at radius 3 is 2.00 bits per heavy atom. The number of benzene rings is 2. The molecule has 0 saturated heterocycles. The van der Waals surface area contributed by atoms with Crippen LogP contribution in [0.3, 0.4) is 0 Å². The molecule has 2 aromatic carbocycles. The highest BCUT2D eigenvalue weighted by Gasteiger charge is 2.21. The predicted octanol–water partition coefficient (Wildman–Crippen LogP) is 5.00. The van der Waals surface area contributed by atoms with Gasteiger partial charge in [-0.05, 0) is 47.9 Å². The molecule has 0 saturated carbocycles. The first-order valence-corrected chi connectivity index (χ1v) is 7.82. The maximum absolute atomic E-state index is 5.39. The molecule has 0 aliphatic rings. The molecule has 2 nitrogen and oxygen atoms in total. The zero-order valence-electron chi connectivity index (χ0n) is 14.1. The summed E-state index contributed by atoms with van der Waals surface area (Å²) in [5.41, 5.74) is 2.76. The third-order valence-corrected chi connectivity index (χ3v) is 4.24. The Hall–Kier alpha value is -1.96. The minimum atomic E-state index is 0.0938. The average Bonchev–Trinajstić information content (AvgIpc) is 2.55. The molecule has 0 unspecified atom stereocenters. The highest BCUT2D eigenvalue weighted by molar-refractivity contribution is 5.41. The van der Waals surface area contributed by atoms with Gasteiger partial charge in [0.05, 0.1) is 14.2 Å². The highest BCUT2D eigenvalue weighted by Crippen LogP contribution is 2.34. The summed E-state index contributed by atoms with van der Waals surface area (Å²) in [6.07, 6.45) is 3.40. The molecular weight excluding hydrogens is 272 g/mol. The van der Waals surface area contributed by atoms with Gasteiger partial charge in [0, 0.05) is 6.07 Å². The first-order valence-electron chi connectivity index (χ1n) is 7.82. The van der Waals surface area contributed by atoms with Crippen LogP contribution in [0.4, 0.5) is 0 Å². The molecule has 2 heteroatoms. The first-order chi connectivity index (χ1) is 10.5. The number of hydrogen-bond donors (Lipinski definition) is 0. The Balaban J connectivity index is 2.06. The second-order valence-corrected chi connectivity index (χ2v) is 6.32. The van der Waals surface area contributed by atoms with Gasteiger partial charge in [-0.15, -0.1) is 0 Å². The average molecular weight is 298 g/mol. The van der Waals surface area contributed by atoms with Crippen molar-refractivity contribution in [1.82, 2.24) is 0 Å². The predicted molar refractivity (Wildman–Crippen MR) is 92.0 cm³/mol. The lowest BCUT2D eigenvalue weighted by atomic mass is 9.79. The Kier molecular flexibility index (Phi) is 5.48. The summed E-state index contributed by atoms with van der Waals surface area (Å²) < 4.78 is 10.8. The molecule has 0 spiro atoms. The van der Waals surface area contributed by atoms with Crippen molar-refractivity contribution in [3.63, 3.8) is 0 Å². The first kappa shape index (κ1) is 16.4. The molecule has 2 rings (SSSR count). The fourth-order valence-corrected chi connectivity index (χ4v) is 2.72. The van der Waals surface area contributed by atoms with Gasteiger partial charge in [0.1, 0.15) is 11.5 Å². The van der Waals surface area contributed by atoms with Crippen LogP contribution >= 0.6 is 0 Å². The zero-order chi connectivity index (χ0) is 16.0. The number of aryl methyl sites for hydroxylation is 1. The van der Waals surface area contributed by atoms with Gasteiger partial charge in [-0.2, -0.15) is 0 Å². The molecule has 0 radical (unpaired) electrons. The van der Waals surface area contributed by atoms with Crippen molar-refractivity contribution in [2.75, 3.05) is 14.2 Å². The Morgan fingerprint density at radius 1 is 0.864 bits per heavy atom. The van der Waals surface area contributed by atoms with Gasteiger partial charge < -0.3 is 9.47 Å². The summed E-state index contributed by atoms with van der Waals surface area (Å²) in [6, 6.07) is 16.8. The second kappa shape index (κ2) is 7.35. The lowest BCUT2D eigenvalue weighted by Crippen LogP contribution is -2.17. The minimum Gasteiger partial charge on any atom is -0.497 e. The standard InChI is InChI=1S/C20H26O2/c1-20(2,12-8-11-16-9-6-5-7-10-16)17-13-18(21-3)15-19(14-17)22-4/h5-7,9-10,13-15H,8,11-12H2,1-4H3. The number of ether oxygens (including phenoxy) is 2. The van der Waals surface area contributed by atoms with E-state index in [9.17, 15) is 0 Å². The molecule has 0 aromatic heterocycles. The van der Waals surface area contributed by atoms with Crippen LogP contribution in [-0.4, -0.2) is 14.2 Å².